The van der Waals surface area contributed by atoms with Crippen molar-refractivity contribution in [3.63, 3.8) is 0 Å². The van der Waals surface area contributed by atoms with E-state index in [0.717, 1.165) is 11.1 Å². The number of benzene rings is 4. The van der Waals surface area contributed by atoms with E-state index in [0.29, 0.717) is 45.3 Å². The molecule has 0 amide bonds. The summed E-state index contributed by atoms with van der Waals surface area (Å²) >= 11 is 0. The molecule has 6 aromatic rings. The number of hydrogen-bond donors (Lipinski definition) is 2. The van der Waals surface area contributed by atoms with Gasteiger partial charge >= 0.3 is 0 Å². The zero-order valence-corrected chi connectivity index (χ0v) is 24.3. The lowest BCUT2D eigenvalue weighted by Gasteiger charge is -2.29. The summed E-state index contributed by atoms with van der Waals surface area (Å²) in [7, 11) is 3.66. The van der Waals surface area contributed by atoms with E-state index in [9.17, 15) is 9.59 Å². The molecule has 0 saturated carbocycles. The number of ketones is 2. The molecule has 0 radical (unpaired) electrons. The average Bonchev–Trinajstić information content (AvgIpc) is 3.56. The van der Waals surface area contributed by atoms with Crippen LogP contribution in [0, 0.1) is 0 Å². The van der Waals surface area contributed by atoms with Crippen LogP contribution >= 0.6 is 0 Å². The quantitative estimate of drug-likeness (QED) is 0.218. The van der Waals surface area contributed by atoms with Crippen LogP contribution in [-0.4, -0.2) is 37.3 Å². The van der Waals surface area contributed by atoms with Gasteiger partial charge in [-0.05, 0) is 0 Å². The molecule has 2 aromatic heterocycles. The zero-order chi connectivity index (χ0) is 30.2. The maximum Gasteiger partial charge on any atom is 0.205 e. The van der Waals surface area contributed by atoms with Crippen molar-refractivity contribution >= 4 is 23.2 Å². The molecule has 0 bridgehead atoms. The minimum Gasteiger partial charge on any atom is -0.344 e. The number of Topliss-reactive ketones (excluding diaryl/α,β-unsaturated/α-hetero) is 2. The summed E-state index contributed by atoms with van der Waals surface area (Å²) in [6.07, 6.45) is -0.874. The first-order valence-corrected chi connectivity index (χ1v) is 14.5. The third-order valence-corrected chi connectivity index (χ3v) is 8.04. The fraction of sp³-hybridized carbons (Fsp3) is 0.111. The third-order valence-electron chi connectivity index (χ3n) is 8.04. The van der Waals surface area contributed by atoms with Crippen molar-refractivity contribution in [2.75, 3.05) is 10.6 Å². The molecule has 3 heterocycles. The van der Waals surface area contributed by atoms with Gasteiger partial charge in [0.2, 0.25) is 5.78 Å². The van der Waals surface area contributed by atoms with E-state index in [1.165, 1.54) is 0 Å². The predicted octanol–water partition coefficient (Wildman–Crippen LogP) is 6.55. The first kappa shape index (κ1) is 27.1. The Morgan fingerprint density at radius 3 is 1.32 bits per heavy atom. The van der Waals surface area contributed by atoms with E-state index >= 15 is 0 Å². The number of carbonyl (C=O) groups is 2. The van der Waals surface area contributed by atoms with Crippen molar-refractivity contribution in [1.29, 1.82) is 0 Å². The molecule has 8 nitrogen and oxygen atoms in total. The molecule has 1 aliphatic rings. The summed E-state index contributed by atoms with van der Waals surface area (Å²) in [6, 6.07) is 38.1. The second-order valence-electron chi connectivity index (χ2n) is 10.8. The van der Waals surface area contributed by atoms with Crippen molar-refractivity contribution in [2.24, 2.45) is 14.1 Å². The van der Waals surface area contributed by atoms with Crippen LogP contribution in [0.2, 0.25) is 0 Å². The highest BCUT2D eigenvalue weighted by atomic mass is 16.1. The van der Waals surface area contributed by atoms with Gasteiger partial charge in [0.25, 0.3) is 0 Å². The zero-order valence-electron chi connectivity index (χ0n) is 24.3. The van der Waals surface area contributed by atoms with Gasteiger partial charge in [-0.15, -0.1) is 0 Å². The van der Waals surface area contributed by atoms with Gasteiger partial charge in [-0.25, -0.2) is 0 Å². The molecule has 4 aromatic carbocycles. The maximum absolute atomic E-state index is 14.8. The highest BCUT2D eigenvalue weighted by Crippen LogP contribution is 2.47. The van der Waals surface area contributed by atoms with Crippen LogP contribution in [0.25, 0.3) is 22.5 Å². The smallest absolute Gasteiger partial charge is 0.205 e. The molecule has 0 unspecified atom stereocenters. The third kappa shape index (κ3) is 4.66. The normalized spacial score (nSPS) is 15.6. The number of aryl methyl sites for hydroxylation is 2. The van der Waals surface area contributed by atoms with Crippen LogP contribution in [0.5, 0.6) is 0 Å². The summed E-state index contributed by atoms with van der Waals surface area (Å²) < 4.78 is 3.44. The first-order valence-electron chi connectivity index (χ1n) is 14.5. The maximum atomic E-state index is 14.8. The number of fused-ring (bicyclic) bond motifs is 2. The van der Waals surface area contributed by atoms with Gasteiger partial charge in [-0.2, -0.15) is 10.2 Å². The van der Waals surface area contributed by atoms with Crippen molar-refractivity contribution in [1.82, 2.24) is 19.6 Å². The van der Waals surface area contributed by atoms with Crippen LogP contribution in [0.1, 0.15) is 37.8 Å². The molecule has 0 aliphatic carbocycles. The molecule has 0 atom stereocenters. The Kier molecular flexibility index (Phi) is 6.86. The van der Waals surface area contributed by atoms with Crippen LogP contribution < -0.4 is 10.6 Å². The molecule has 2 N–H and O–H groups in total. The van der Waals surface area contributed by atoms with Gasteiger partial charge in [0, 0.05) is 47.5 Å². The number of carbonyl (C=O) groups excluding carboxylic acids is 2. The summed E-state index contributed by atoms with van der Waals surface area (Å²) in [5, 5.41) is 16.8. The van der Waals surface area contributed by atoms with Crippen molar-refractivity contribution in [2.45, 2.75) is 12.1 Å². The Morgan fingerprint density at radius 2 is 0.909 bits per heavy atom. The molecular formula is C36H30N6O2. The van der Waals surface area contributed by atoms with Gasteiger partial charge in [-0.1, -0.05) is 121 Å². The van der Waals surface area contributed by atoms with Gasteiger partial charge in [0.05, 0.1) is 17.3 Å². The number of nitrogens with one attached hydrogen (secondary N) is 2. The monoisotopic (exact) mass is 578 g/mol. The topological polar surface area (TPSA) is 93.8 Å². The summed E-state index contributed by atoms with van der Waals surface area (Å²) in [5.74, 6) is 0.102. The van der Waals surface area contributed by atoms with Crippen molar-refractivity contribution in [3.05, 3.63) is 144 Å². The molecular weight excluding hydrogens is 548 g/mol. The highest BCUT2D eigenvalue weighted by molar-refractivity contribution is 6.08. The van der Waals surface area contributed by atoms with E-state index in [-0.39, 0.29) is 11.6 Å². The average molecular weight is 579 g/mol. The second kappa shape index (κ2) is 11.1. The highest BCUT2D eigenvalue weighted by Gasteiger charge is 2.41. The Balaban J connectivity index is 1.55. The minimum atomic E-state index is -0.874. The summed E-state index contributed by atoms with van der Waals surface area (Å²) in [4.78, 5) is 28.9. The Labute approximate surface area is 255 Å². The fourth-order valence-corrected chi connectivity index (χ4v) is 5.97. The number of nitrogens with zero attached hydrogens (tertiary/aromatic N) is 4. The summed E-state index contributed by atoms with van der Waals surface area (Å²) in [6.45, 7) is 0. The molecule has 8 heteroatoms. The van der Waals surface area contributed by atoms with Gasteiger partial charge in [-0.3, -0.25) is 19.0 Å². The Bertz CT molecular complexity index is 1870. The number of anilines is 2. The molecule has 7 rings (SSSR count). The van der Waals surface area contributed by atoms with Crippen molar-refractivity contribution < 1.29 is 9.59 Å². The standard InChI is InChI=1S/C36H30N6O2/c1-41-35-28(30(39-41)23-15-7-3-8-16-23)27(32(43)25-19-11-5-12-20-25)29-31(24-17-9-4-10-18-24)40-42(2)36(29)38-34(37-35)33(44)26-21-13-6-14-22-26/h3-22,27,34,37-38H,1-2H3. The van der Waals surface area contributed by atoms with Gasteiger partial charge in [0.1, 0.15) is 11.6 Å². The number of rotatable bonds is 6. The van der Waals surface area contributed by atoms with Crippen molar-refractivity contribution in [3.8, 4) is 22.5 Å². The lowest BCUT2D eigenvalue weighted by Crippen LogP contribution is -2.40. The van der Waals surface area contributed by atoms with E-state index in [4.69, 9.17) is 10.2 Å². The van der Waals surface area contributed by atoms with Crippen LogP contribution in [0.15, 0.2) is 121 Å². The largest absolute Gasteiger partial charge is 0.344 e. The molecule has 0 fully saturated rings. The number of hydrogen-bond acceptors (Lipinski definition) is 6. The Morgan fingerprint density at radius 1 is 0.545 bits per heavy atom. The minimum absolute atomic E-state index is 0.0973. The van der Waals surface area contributed by atoms with E-state index in [2.05, 4.69) is 10.6 Å². The molecule has 1 aliphatic heterocycles. The lowest BCUT2D eigenvalue weighted by atomic mass is 9.81. The van der Waals surface area contributed by atoms with E-state index in [1.807, 2.05) is 123 Å². The summed E-state index contributed by atoms with van der Waals surface area (Å²) in [5.41, 5.74) is 5.54. The molecule has 0 saturated heterocycles. The second-order valence-corrected chi connectivity index (χ2v) is 10.8. The molecule has 216 valence electrons. The van der Waals surface area contributed by atoms with E-state index in [1.54, 1.807) is 21.5 Å². The van der Waals surface area contributed by atoms with Crippen LogP contribution in [-0.2, 0) is 14.1 Å². The Hall–Kier alpha value is -5.76. The molecule has 0 spiro atoms. The van der Waals surface area contributed by atoms with Gasteiger partial charge in [0.15, 0.2) is 11.9 Å². The predicted molar refractivity (Wildman–Crippen MR) is 172 cm³/mol. The van der Waals surface area contributed by atoms with E-state index < -0.39 is 12.1 Å². The first-order chi connectivity index (χ1) is 21.5. The number of aromatic nitrogens is 4. The van der Waals surface area contributed by atoms with Crippen LogP contribution in [0.3, 0.4) is 0 Å². The fourth-order valence-electron chi connectivity index (χ4n) is 5.97. The van der Waals surface area contributed by atoms with Crippen LogP contribution in [0.4, 0.5) is 11.6 Å². The molecule has 44 heavy (non-hydrogen) atoms. The SMILES string of the molecule is Cn1nc(-c2ccccc2)c2c1NC(C(=O)c1ccccc1)Nc1c(c(-c3ccccc3)nn1C)C2C(=O)c1ccccc1. The lowest BCUT2D eigenvalue weighted by molar-refractivity contribution is 0.0972. The van der Waals surface area contributed by atoms with Gasteiger partial charge < -0.3 is 10.6 Å².